The van der Waals surface area contributed by atoms with Gasteiger partial charge in [0.25, 0.3) is 0 Å². The van der Waals surface area contributed by atoms with E-state index in [1.807, 2.05) is 0 Å². The first-order valence-corrected chi connectivity index (χ1v) is 2.83. The molecule has 1 heterocycles. The Morgan fingerprint density at radius 2 is 2.62 bits per heavy atom. The Kier molecular flexibility index (Phi) is 1.90. The first kappa shape index (κ1) is 5.61. The average molecular weight is 112 g/mol. The van der Waals surface area contributed by atoms with Crippen LogP contribution in [0.4, 0.5) is 0 Å². The van der Waals surface area contributed by atoms with Gasteiger partial charge in [-0.15, -0.1) is 6.42 Å². The van der Waals surface area contributed by atoms with E-state index in [1.54, 1.807) is 0 Å². The molecule has 2 N–H and O–H groups in total. The molecular formula is C6H10NO+. The van der Waals surface area contributed by atoms with E-state index in [4.69, 9.17) is 11.2 Å². The van der Waals surface area contributed by atoms with Gasteiger partial charge in [-0.25, -0.2) is 0 Å². The summed E-state index contributed by atoms with van der Waals surface area (Å²) in [7, 11) is 0. The second-order valence-corrected chi connectivity index (χ2v) is 1.84. The molecule has 2 nitrogen and oxygen atoms in total. The lowest BCUT2D eigenvalue weighted by molar-refractivity contribution is -0.674. The monoisotopic (exact) mass is 112 g/mol. The normalized spacial score (nSPS) is 29.1. The molecule has 2 heteroatoms. The van der Waals surface area contributed by atoms with Crippen LogP contribution in [0.3, 0.4) is 0 Å². The van der Waals surface area contributed by atoms with Gasteiger partial charge in [-0.05, 0) is 0 Å². The highest BCUT2D eigenvalue weighted by Crippen LogP contribution is 1.86. The number of nitrogens with two attached hydrogens (primary N) is 1. The molecule has 1 saturated heterocycles. The maximum absolute atomic E-state index is 5.16. The lowest BCUT2D eigenvalue weighted by Gasteiger charge is -2.15. The van der Waals surface area contributed by atoms with Crippen molar-refractivity contribution in [1.29, 1.82) is 0 Å². The molecule has 0 bridgehead atoms. The standard InChI is InChI=1S/C6H9NO/c1-2-6-5-7-3-4-8-6/h1,6-7H,3-5H2/p+1/t6-/m0/s1. The molecule has 0 saturated carbocycles. The van der Waals surface area contributed by atoms with Crippen LogP contribution >= 0.6 is 0 Å². The third-order valence-corrected chi connectivity index (χ3v) is 1.21. The molecule has 0 aromatic heterocycles. The third-order valence-electron chi connectivity index (χ3n) is 1.21. The second kappa shape index (κ2) is 2.71. The highest BCUT2D eigenvalue weighted by atomic mass is 16.5. The van der Waals surface area contributed by atoms with Gasteiger partial charge in [-0.2, -0.15) is 0 Å². The molecule has 8 heavy (non-hydrogen) atoms. The van der Waals surface area contributed by atoms with Crippen LogP contribution in [0.5, 0.6) is 0 Å². The average Bonchev–Trinajstić information content (AvgIpc) is 1.90. The highest BCUT2D eigenvalue weighted by molar-refractivity contribution is 4.94. The molecule has 0 aliphatic carbocycles. The Morgan fingerprint density at radius 3 is 3.00 bits per heavy atom. The van der Waals surface area contributed by atoms with Crippen LogP contribution in [0.15, 0.2) is 0 Å². The van der Waals surface area contributed by atoms with E-state index in [0.29, 0.717) is 0 Å². The summed E-state index contributed by atoms with van der Waals surface area (Å²) in [6.07, 6.45) is 5.17. The van der Waals surface area contributed by atoms with E-state index in [2.05, 4.69) is 11.2 Å². The lowest BCUT2D eigenvalue weighted by atomic mass is 10.3. The summed E-state index contributed by atoms with van der Waals surface area (Å²) in [4.78, 5) is 0. The predicted octanol–water partition coefficient (Wildman–Crippen LogP) is -1.42. The van der Waals surface area contributed by atoms with Crippen molar-refractivity contribution < 1.29 is 10.1 Å². The van der Waals surface area contributed by atoms with E-state index >= 15 is 0 Å². The number of ether oxygens (including phenoxy) is 1. The smallest absolute Gasteiger partial charge is 0.166 e. The van der Waals surface area contributed by atoms with Gasteiger partial charge >= 0.3 is 0 Å². The van der Waals surface area contributed by atoms with Crippen molar-refractivity contribution in [3.8, 4) is 12.3 Å². The molecule has 0 unspecified atom stereocenters. The Labute approximate surface area is 49.2 Å². The van der Waals surface area contributed by atoms with E-state index in [0.717, 1.165) is 19.7 Å². The van der Waals surface area contributed by atoms with Crippen LogP contribution in [-0.4, -0.2) is 25.8 Å². The largest absolute Gasteiger partial charge is 0.354 e. The molecule has 1 rings (SSSR count). The van der Waals surface area contributed by atoms with E-state index < -0.39 is 0 Å². The molecular weight excluding hydrogens is 102 g/mol. The van der Waals surface area contributed by atoms with Gasteiger partial charge in [0.1, 0.15) is 6.54 Å². The number of rotatable bonds is 0. The molecule has 0 amide bonds. The fourth-order valence-corrected chi connectivity index (χ4v) is 0.747. The van der Waals surface area contributed by atoms with Crippen molar-refractivity contribution in [2.24, 2.45) is 0 Å². The number of terminal acetylenes is 1. The van der Waals surface area contributed by atoms with Crippen molar-refractivity contribution in [2.45, 2.75) is 6.10 Å². The van der Waals surface area contributed by atoms with Crippen LogP contribution in [-0.2, 0) is 4.74 Å². The number of hydrogen-bond donors (Lipinski definition) is 1. The first-order valence-electron chi connectivity index (χ1n) is 2.83. The Bertz CT molecular complexity index is 99.6. The minimum Gasteiger partial charge on any atom is -0.354 e. The summed E-state index contributed by atoms with van der Waals surface area (Å²) in [5.74, 6) is 2.55. The number of hydrogen-bond acceptors (Lipinski definition) is 1. The molecule has 1 fully saturated rings. The molecule has 1 atom stereocenters. The zero-order valence-electron chi connectivity index (χ0n) is 4.76. The maximum Gasteiger partial charge on any atom is 0.166 e. The molecule has 1 aliphatic heterocycles. The summed E-state index contributed by atoms with van der Waals surface area (Å²) in [5.41, 5.74) is 0. The summed E-state index contributed by atoms with van der Waals surface area (Å²) < 4.78 is 5.16. The third kappa shape index (κ3) is 1.22. The summed E-state index contributed by atoms with van der Waals surface area (Å²) in [6.45, 7) is 2.78. The van der Waals surface area contributed by atoms with Crippen molar-refractivity contribution in [3.05, 3.63) is 0 Å². The van der Waals surface area contributed by atoms with E-state index in [1.165, 1.54) is 0 Å². The van der Waals surface area contributed by atoms with Crippen molar-refractivity contribution in [3.63, 3.8) is 0 Å². The van der Waals surface area contributed by atoms with Crippen LogP contribution < -0.4 is 5.32 Å². The summed E-state index contributed by atoms with van der Waals surface area (Å²) >= 11 is 0. The quantitative estimate of drug-likeness (QED) is 0.382. The Hall–Kier alpha value is -0.520. The highest BCUT2D eigenvalue weighted by Gasteiger charge is 2.11. The van der Waals surface area contributed by atoms with Crippen molar-refractivity contribution in [2.75, 3.05) is 19.7 Å². The Balaban J connectivity index is 2.25. The summed E-state index contributed by atoms with van der Waals surface area (Å²) in [5, 5.41) is 2.17. The van der Waals surface area contributed by atoms with Gasteiger partial charge < -0.3 is 10.1 Å². The zero-order chi connectivity index (χ0) is 5.82. The second-order valence-electron chi connectivity index (χ2n) is 1.84. The SMILES string of the molecule is C#C[C@H]1C[NH2+]CCO1. The summed E-state index contributed by atoms with van der Waals surface area (Å²) in [6, 6.07) is 0. The maximum atomic E-state index is 5.16. The minimum atomic E-state index is 0.0590. The zero-order valence-corrected chi connectivity index (χ0v) is 4.76. The molecule has 44 valence electrons. The van der Waals surface area contributed by atoms with Gasteiger partial charge in [-0.1, -0.05) is 5.92 Å². The van der Waals surface area contributed by atoms with Gasteiger partial charge in [-0.3, -0.25) is 0 Å². The molecule has 1 aliphatic rings. The van der Waals surface area contributed by atoms with E-state index in [-0.39, 0.29) is 6.10 Å². The van der Waals surface area contributed by atoms with Crippen LogP contribution in [0.2, 0.25) is 0 Å². The van der Waals surface area contributed by atoms with Crippen molar-refractivity contribution >= 4 is 0 Å². The van der Waals surface area contributed by atoms with Gasteiger partial charge in [0.15, 0.2) is 6.10 Å². The number of quaternary nitrogens is 1. The minimum absolute atomic E-state index is 0.0590. The molecule has 0 radical (unpaired) electrons. The first-order chi connectivity index (χ1) is 3.93. The predicted molar refractivity (Wildman–Crippen MR) is 30.2 cm³/mol. The topological polar surface area (TPSA) is 25.8 Å². The fourth-order valence-electron chi connectivity index (χ4n) is 0.747. The van der Waals surface area contributed by atoms with Crippen molar-refractivity contribution in [1.82, 2.24) is 0 Å². The number of morpholine rings is 1. The van der Waals surface area contributed by atoms with Gasteiger partial charge in [0.2, 0.25) is 0 Å². The molecule has 0 aromatic carbocycles. The lowest BCUT2D eigenvalue weighted by Crippen LogP contribution is -2.89. The fraction of sp³-hybridized carbons (Fsp3) is 0.667. The van der Waals surface area contributed by atoms with Crippen LogP contribution in [0.1, 0.15) is 0 Å². The van der Waals surface area contributed by atoms with Crippen LogP contribution in [0.25, 0.3) is 0 Å². The molecule has 0 spiro atoms. The van der Waals surface area contributed by atoms with Gasteiger partial charge in [0.05, 0.1) is 13.2 Å². The van der Waals surface area contributed by atoms with E-state index in [9.17, 15) is 0 Å². The molecule has 0 aromatic rings. The Morgan fingerprint density at radius 1 is 1.75 bits per heavy atom. The van der Waals surface area contributed by atoms with Crippen LogP contribution in [0, 0.1) is 12.3 Å². The van der Waals surface area contributed by atoms with Gasteiger partial charge in [0, 0.05) is 0 Å².